The van der Waals surface area contributed by atoms with E-state index in [0.717, 1.165) is 6.42 Å². The van der Waals surface area contributed by atoms with Gasteiger partial charge in [-0.1, -0.05) is 37.0 Å². The molecule has 0 N–H and O–H groups in total. The molecule has 0 aliphatic carbocycles. The first-order valence-corrected chi connectivity index (χ1v) is 5.88. The third-order valence-corrected chi connectivity index (χ3v) is 2.46. The normalized spacial score (nSPS) is 10.6. The van der Waals surface area contributed by atoms with Gasteiger partial charge in [0.1, 0.15) is 0 Å². The minimum atomic E-state index is -0.384. The fourth-order valence-electron chi connectivity index (χ4n) is 1.14. The summed E-state index contributed by atoms with van der Waals surface area (Å²) in [7, 11) is 0. The number of halogens is 2. The van der Waals surface area contributed by atoms with Gasteiger partial charge in [-0.3, -0.25) is 0 Å². The summed E-state index contributed by atoms with van der Waals surface area (Å²) in [6.07, 6.45) is 0.847. The number of ether oxygens (including phenoxy) is 1. The lowest BCUT2D eigenvalue weighted by molar-refractivity contribution is 0.0488. The van der Waals surface area contributed by atoms with E-state index in [0.29, 0.717) is 28.1 Å². The number of hydrogen-bond acceptors (Lipinski definition) is 2. The molecule has 0 aliphatic heterocycles. The molecule has 0 amide bonds. The van der Waals surface area contributed by atoms with E-state index >= 15 is 0 Å². The molecule has 0 fully saturated rings. The molecule has 1 aromatic carbocycles. The van der Waals surface area contributed by atoms with Crippen molar-refractivity contribution in [2.45, 2.75) is 20.3 Å². The van der Waals surface area contributed by atoms with Crippen molar-refractivity contribution in [3.63, 3.8) is 0 Å². The van der Waals surface area contributed by atoms with Crippen molar-refractivity contribution < 1.29 is 9.53 Å². The van der Waals surface area contributed by atoms with E-state index < -0.39 is 0 Å². The van der Waals surface area contributed by atoms with Crippen LogP contribution in [0.15, 0.2) is 18.2 Å². The van der Waals surface area contributed by atoms with Crippen LogP contribution >= 0.6 is 23.2 Å². The highest BCUT2D eigenvalue weighted by Gasteiger charge is 2.09. The molecule has 4 heteroatoms. The van der Waals surface area contributed by atoms with Gasteiger partial charge in [-0.25, -0.2) is 4.79 Å². The highest BCUT2D eigenvalue weighted by molar-refractivity contribution is 6.35. The average molecular weight is 261 g/mol. The molecule has 0 saturated heterocycles. The highest BCUT2D eigenvalue weighted by atomic mass is 35.5. The molecule has 0 unspecified atom stereocenters. The monoisotopic (exact) mass is 260 g/mol. The molecule has 0 aromatic heterocycles. The first kappa shape index (κ1) is 13.3. The predicted octanol–water partition coefficient (Wildman–Crippen LogP) is 4.20. The molecule has 16 heavy (non-hydrogen) atoms. The molecule has 1 aromatic rings. The fourth-order valence-corrected chi connectivity index (χ4v) is 1.67. The number of benzene rings is 1. The van der Waals surface area contributed by atoms with E-state index in [9.17, 15) is 4.79 Å². The molecule has 0 atom stereocenters. The van der Waals surface area contributed by atoms with E-state index in [-0.39, 0.29) is 5.97 Å². The summed E-state index contributed by atoms with van der Waals surface area (Å²) >= 11 is 11.6. The minimum absolute atomic E-state index is 0.384. The lowest BCUT2D eigenvalue weighted by Crippen LogP contribution is -2.08. The Morgan fingerprint density at radius 3 is 2.31 bits per heavy atom. The van der Waals surface area contributed by atoms with Crippen molar-refractivity contribution >= 4 is 29.2 Å². The maximum absolute atomic E-state index is 11.6. The van der Waals surface area contributed by atoms with Gasteiger partial charge in [-0.2, -0.15) is 0 Å². The zero-order valence-electron chi connectivity index (χ0n) is 9.30. The second-order valence-corrected chi connectivity index (χ2v) is 4.85. The summed E-state index contributed by atoms with van der Waals surface area (Å²) < 4.78 is 5.09. The summed E-state index contributed by atoms with van der Waals surface area (Å²) in [6, 6.07) is 4.67. The lowest BCUT2D eigenvalue weighted by Gasteiger charge is -2.07. The third-order valence-electron chi connectivity index (χ3n) is 2.03. The molecule has 0 spiro atoms. The van der Waals surface area contributed by atoms with Gasteiger partial charge in [0.05, 0.1) is 12.2 Å². The van der Waals surface area contributed by atoms with Crippen LogP contribution < -0.4 is 0 Å². The van der Waals surface area contributed by atoms with Crippen LogP contribution in [-0.4, -0.2) is 12.6 Å². The van der Waals surface area contributed by atoms with Gasteiger partial charge in [0.25, 0.3) is 0 Å². The first-order valence-electron chi connectivity index (χ1n) is 5.12. The maximum atomic E-state index is 11.6. The Kier molecular flexibility index (Phi) is 5.10. The molecule has 0 radical (unpaired) electrons. The summed E-state index contributed by atoms with van der Waals surface area (Å²) in [5, 5.41) is 0.867. The van der Waals surface area contributed by atoms with Gasteiger partial charge in [0.15, 0.2) is 0 Å². The van der Waals surface area contributed by atoms with Crippen molar-refractivity contribution in [1.82, 2.24) is 0 Å². The maximum Gasteiger partial charge on any atom is 0.338 e. The van der Waals surface area contributed by atoms with E-state index in [2.05, 4.69) is 13.8 Å². The Morgan fingerprint density at radius 2 is 1.81 bits per heavy atom. The Labute approximate surface area is 106 Å². The van der Waals surface area contributed by atoms with Crippen molar-refractivity contribution in [1.29, 1.82) is 0 Å². The van der Waals surface area contributed by atoms with Crippen LogP contribution in [0.25, 0.3) is 0 Å². The van der Waals surface area contributed by atoms with Crippen LogP contribution in [0.2, 0.25) is 10.0 Å². The van der Waals surface area contributed by atoms with Crippen molar-refractivity contribution in [2.75, 3.05) is 6.61 Å². The fraction of sp³-hybridized carbons (Fsp3) is 0.417. The highest BCUT2D eigenvalue weighted by Crippen LogP contribution is 2.19. The second-order valence-electron chi connectivity index (χ2n) is 3.98. The Bertz CT molecular complexity index is 355. The third kappa shape index (κ3) is 4.42. The summed E-state index contributed by atoms with van der Waals surface area (Å²) in [6.45, 7) is 4.56. The Morgan fingerprint density at radius 1 is 1.25 bits per heavy atom. The van der Waals surface area contributed by atoms with Gasteiger partial charge < -0.3 is 4.74 Å². The first-order chi connectivity index (χ1) is 7.49. The van der Waals surface area contributed by atoms with Crippen LogP contribution in [0.3, 0.4) is 0 Å². The van der Waals surface area contributed by atoms with E-state index in [1.54, 1.807) is 18.2 Å². The van der Waals surface area contributed by atoms with Crippen LogP contribution in [0.4, 0.5) is 0 Å². The molecule has 88 valence electrons. The number of carbonyl (C=O) groups excluding carboxylic acids is 1. The van der Waals surface area contributed by atoms with Gasteiger partial charge in [-0.15, -0.1) is 0 Å². The topological polar surface area (TPSA) is 26.3 Å². The zero-order chi connectivity index (χ0) is 12.1. The number of hydrogen-bond donors (Lipinski definition) is 0. The Balaban J connectivity index is 2.59. The molecule has 0 heterocycles. The molecular weight excluding hydrogens is 247 g/mol. The van der Waals surface area contributed by atoms with Crippen molar-refractivity contribution in [3.8, 4) is 0 Å². The molecule has 1 rings (SSSR count). The smallest absolute Gasteiger partial charge is 0.338 e. The van der Waals surface area contributed by atoms with E-state index in [4.69, 9.17) is 27.9 Å². The Hall–Kier alpha value is -0.730. The SMILES string of the molecule is CC(C)CCOC(=O)c1cc(Cl)cc(Cl)c1. The minimum Gasteiger partial charge on any atom is -0.462 e. The van der Waals surface area contributed by atoms with E-state index in [1.807, 2.05) is 0 Å². The molecule has 0 aliphatic rings. The van der Waals surface area contributed by atoms with Crippen LogP contribution in [0, 0.1) is 5.92 Å². The van der Waals surface area contributed by atoms with Gasteiger partial charge in [-0.05, 0) is 30.5 Å². The summed E-state index contributed by atoms with van der Waals surface area (Å²) in [4.78, 5) is 11.6. The second kappa shape index (κ2) is 6.12. The molecule has 2 nitrogen and oxygen atoms in total. The standard InChI is InChI=1S/C12H14Cl2O2/c1-8(2)3-4-16-12(15)9-5-10(13)7-11(14)6-9/h5-8H,3-4H2,1-2H3. The largest absolute Gasteiger partial charge is 0.462 e. The number of carbonyl (C=O) groups is 1. The average Bonchev–Trinajstić information content (AvgIpc) is 2.15. The van der Waals surface area contributed by atoms with Crippen LogP contribution in [0.1, 0.15) is 30.6 Å². The van der Waals surface area contributed by atoms with Crippen LogP contribution in [0.5, 0.6) is 0 Å². The molecular formula is C12H14Cl2O2. The van der Waals surface area contributed by atoms with Crippen LogP contribution in [-0.2, 0) is 4.74 Å². The predicted molar refractivity (Wildman–Crippen MR) is 66.2 cm³/mol. The zero-order valence-corrected chi connectivity index (χ0v) is 10.8. The van der Waals surface area contributed by atoms with Crippen molar-refractivity contribution in [2.24, 2.45) is 5.92 Å². The van der Waals surface area contributed by atoms with Crippen molar-refractivity contribution in [3.05, 3.63) is 33.8 Å². The van der Waals surface area contributed by atoms with E-state index in [1.165, 1.54) is 0 Å². The number of rotatable bonds is 4. The summed E-state index contributed by atoms with van der Waals surface area (Å²) in [5.41, 5.74) is 0.390. The molecule has 0 saturated carbocycles. The quantitative estimate of drug-likeness (QED) is 0.759. The lowest BCUT2D eigenvalue weighted by atomic mass is 10.1. The summed E-state index contributed by atoms with van der Waals surface area (Å²) in [5.74, 6) is 0.126. The molecule has 0 bridgehead atoms. The van der Waals surface area contributed by atoms with Gasteiger partial charge in [0.2, 0.25) is 0 Å². The van der Waals surface area contributed by atoms with Gasteiger partial charge >= 0.3 is 5.97 Å². The number of esters is 1. The van der Waals surface area contributed by atoms with Gasteiger partial charge in [0, 0.05) is 10.0 Å².